The van der Waals surface area contributed by atoms with E-state index in [-0.39, 0.29) is 0 Å². The number of nitrogens with zero attached hydrogens (tertiary/aromatic N) is 3. The smallest absolute Gasteiger partial charge is 0.163 e. The fourth-order valence-corrected chi connectivity index (χ4v) is 2.49. The lowest BCUT2D eigenvalue weighted by Gasteiger charge is -2.04. The van der Waals surface area contributed by atoms with Crippen molar-refractivity contribution in [2.45, 2.75) is 6.92 Å². The van der Waals surface area contributed by atoms with E-state index in [1.165, 1.54) is 0 Å². The Labute approximate surface area is 102 Å². The van der Waals surface area contributed by atoms with Crippen LogP contribution in [-0.2, 0) is 0 Å². The summed E-state index contributed by atoms with van der Waals surface area (Å²) in [4.78, 5) is 13.9. The van der Waals surface area contributed by atoms with Crippen molar-refractivity contribution < 1.29 is 0 Å². The lowest BCUT2D eigenvalue weighted by molar-refractivity contribution is 1.20. The SMILES string of the molecule is Cc1cnccc1-c1nc(N)c2ccsc2n1. The van der Waals surface area contributed by atoms with E-state index < -0.39 is 0 Å². The maximum atomic E-state index is 5.93. The highest BCUT2D eigenvalue weighted by molar-refractivity contribution is 7.16. The van der Waals surface area contributed by atoms with Crippen molar-refractivity contribution in [3.63, 3.8) is 0 Å². The summed E-state index contributed by atoms with van der Waals surface area (Å²) in [5, 5.41) is 2.89. The molecule has 0 amide bonds. The van der Waals surface area contributed by atoms with Gasteiger partial charge in [0, 0.05) is 18.0 Å². The number of hydrogen-bond donors (Lipinski definition) is 1. The van der Waals surface area contributed by atoms with Gasteiger partial charge >= 0.3 is 0 Å². The van der Waals surface area contributed by atoms with Crippen LogP contribution in [0.15, 0.2) is 29.9 Å². The van der Waals surface area contributed by atoms with Crippen molar-refractivity contribution in [3.8, 4) is 11.4 Å². The van der Waals surface area contributed by atoms with E-state index in [1.807, 2.05) is 24.4 Å². The number of nitrogens with two attached hydrogens (primary N) is 1. The molecular formula is C12H10N4S. The summed E-state index contributed by atoms with van der Waals surface area (Å²) in [5.41, 5.74) is 7.95. The molecule has 0 unspecified atom stereocenters. The third-order valence-corrected chi connectivity index (χ3v) is 3.42. The molecule has 17 heavy (non-hydrogen) atoms. The minimum Gasteiger partial charge on any atom is -0.383 e. The molecule has 0 bridgehead atoms. The Balaban J connectivity index is 2.28. The molecular weight excluding hydrogens is 232 g/mol. The maximum absolute atomic E-state index is 5.93. The van der Waals surface area contributed by atoms with E-state index in [0.717, 1.165) is 21.3 Å². The van der Waals surface area contributed by atoms with Crippen LogP contribution in [0.25, 0.3) is 21.6 Å². The zero-order valence-corrected chi connectivity index (χ0v) is 10.0. The number of anilines is 1. The van der Waals surface area contributed by atoms with Gasteiger partial charge in [-0.25, -0.2) is 9.97 Å². The molecule has 3 heterocycles. The van der Waals surface area contributed by atoms with Crippen molar-refractivity contribution in [2.24, 2.45) is 0 Å². The molecule has 0 atom stereocenters. The standard InChI is InChI=1S/C12H10N4S/c1-7-6-14-4-2-8(7)11-15-10(13)9-3-5-17-12(9)16-11/h2-6H,1H3,(H2,13,15,16). The number of nitrogen functional groups attached to an aromatic ring is 1. The van der Waals surface area contributed by atoms with Gasteiger partial charge in [0.1, 0.15) is 10.6 Å². The topological polar surface area (TPSA) is 64.7 Å². The number of rotatable bonds is 1. The van der Waals surface area contributed by atoms with Crippen LogP contribution in [0, 0.1) is 6.92 Å². The van der Waals surface area contributed by atoms with Crippen molar-refractivity contribution >= 4 is 27.4 Å². The molecule has 3 aromatic rings. The molecule has 0 aliphatic heterocycles. The number of fused-ring (bicyclic) bond motifs is 1. The van der Waals surface area contributed by atoms with E-state index >= 15 is 0 Å². The molecule has 0 fully saturated rings. The van der Waals surface area contributed by atoms with Gasteiger partial charge < -0.3 is 5.73 Å². The second-order valence-corrected chi connectivity index (χ2v) is 4.66. The van der Waals surface area contributed by atoms with Crippen LogP contribution in [0.5, 0.6) is 0 Å². The molecule has 0 saturated heterocycles. The number of aromatic nitrogens is 3. The fourth-order valence-electron chi connectivity index (χ4n) is 1.72. The molecule has 84 valence electrons. The van der Waals surface area contributed by atoms with Gasteiger partial charge in [0.25, 0.3) is 0 Å². The first kappa shape index (κ1) is 10.2. The number of thiophene rings is 1. The second kappa shape index (κ2) is 3.78. The van der Waals surface area contributed by atoms with Gasteiger partial charge in [-0.15, -0.1) is 11.3 Å². The van der Waals surface area contributed by atoms with Crippen molar-refractivity contribution in [1.82, 2.24) is 15.0 Å². The summed E-state index contributed by atoms with van der Waals surface area (Å²) < 4.78 is 0. The Morgan fingerprint density at radius 3 is 2.94 bits per heavy atom. The summed E-state index contributed by atoms with van der Waals surface area (Å²) in [6.07, 6.45) is 3.54. The highest BCUT2D eigenvalue weighted by Gasteiger charge is 2.09. The number of hydrogen-bond acceptors (Lipinski definition) is 5. The number of aryl methyl sites for hydroxylation is 1. The molecule has 4 nitrogen and oxygen atoms in total. The third kappa shape index (κ3) is 1.64. The Hall–Kier alpha value is -2.01. The van der Waals surface area contributed by atoms with E-state index in [2.05, 4.69) is 15.0 Å². The predicted molar refractivity (Wildman–Crippen MR) is 69.8 cm³/mol. The predicted octanol–water partition coefficient (Wildman–Crippen LogP) is 2.64. The zero-order valence-electron chi connectivity index (χ0n) is 9.21. The highest BCUT2D eigenvalue weighted by atomic mass is 32.1. The molecule has 0 saturated carbocycles. The van der Waals surface area contributed by atoms with E-state index in [0.29, 0.717) is 11.6 Å². The fraction of sp³-hybridized carbons (Fsp3) is 0.0833. The van der Waals surface area contributed by atoms with Crippen LogP contribution < -0.4 is 5.73 Å². The molecule has 0 aliphatic rings. The molecule has 0 radical (unpaired) electrons. The van der Waals surface area contributed by atoms with Crippen LogP contribution in [0.2, 0.25) is 0 Å². The van der Waals surface area contributed by atoms with E-state index in [4.69, 9.17) is 5.73 Å². The van der Waals surface area contributed by atoms with Gasteiger partial charge in [-0.05, 0) is 30.0 Å². The molecule has 0 spiro atoms. The quantitative estimate of drug-likeness (QED) is 0.712. The molecule has 5 heteroatoms. The molecule has 3 aromatic heterocycles. The number of pyridine rings is 1. The monoisotopic (exact) mass is 242 g/mol. The summed E-state index contributed by atoms with van der Waals surface area (Å²) in [6, 6.07) is 3.85. The minimum atomic E-state index is 0.530. The maximum Gasteiger partial charge on any atom is 0.163 e. The first-order valence-electron chi connectivity index (χ1n) is 5.17. The van der Waals surface area contributed by atoms with Crippen LogP contribution in [-0.4, -0.2) is 15.0 Å². The van der Waals surface area contributed by atoms with Crippen LogP contribution in [0.4, 0.5) is 5.82 Å². The lowest BCUT2D eigenvalue weighted by atomic mass is 10.1. The van der Waals surface area contributed by atoms with Gasteiger partial charge in [-0.2, -0.15) is 0 Å². The average Bonchev–Trinajstić information content (AvgIpc) is 2.78. The second-order valence-electron chi connectivity index (χ2n) is 3.76. The first-order valence-corrected chi connectivity index (χ1v) is 6.05. The Morgan fingerprint density at radius 2 is 2.12 bits per heavy atom. The van der Waals surface area contributed by atoms with Crippen molar-refractivity contribution in [2.75, 3.05) is 5.73 Å². The molecule has 3 rings (SSSR count). The Morgan fingerprint density at radius 1 is 1.24 bits per heavy atom. The van der Waals surface area contributed by atoms with Gasteiger partial charge in [-0.3, -0.25) is 4.98 Å². The molecule has 2 N–H and O–H groups in total. The van der Waals surface area contributed by atoms with Gasteiger partial charge in [0.2, 0.25) is 0 Å². The molecule has 0 aromatic carbocycles. The zero-order chi connectivity index (χ0) is 11.8. The van der Waals surface area contributed by atoms with Gasteiger partial charge in [0.05, 0.1) is 5.39 Å². The van der Waals surface area contributed by atoms with E-state index in [9.17, 15) is 0 Å². The summed E-state index contributed by atoms with van der Waals surface area (Å²) in [7, 11) is 0. The van der Waals surface area contributed by atoms with Crippen molar-refractivity contribution in [1.29, 1.82) is 0 Å². The van der Waals surface area contributed by atoms with Crippen LogP contribution >= 0.6 is 11.3 Å². The summed E-state index contributed by atoms with van der Waals surface area (Å²) in [5.74, 6) is 1.19. The minimum absolute atomic E-state index is 0.530. The lowest BCUT2D eigenvalue weighted by Crippen LogP contribution is -1.97. The Kier molecular flexibility index (Phi) is 2.26. The first-order chi connectivity index (χ1) is 8.25. The van der Waals surface area contributed by atoms with Crippen LogP contribution in [0.3, 0.4) is 0 Å². The van der Waals surface area contributed by atoms with Crippen LogP contribution in [0.1, 0.15) is 5.56 Å². The summed E-state index contributed by atoms with van der Waals surface area (Å²) >= 11 is 1.57. The average molecular weight is 242 g/mol. The van der Waals surface area contributed by atoms with E-state index in [1.54, 1.807) is 23.7 Å². The summed E-state index contributed by atoms with van der Waals surface area (Å²) in [6.45, 7) is 1.99. The Bertz CT molecular complexity index is 690. The van der Waals surface area contributed by atoms with Gasteiger partial charge in [0.15, 0.2) is 5.82 Å². The highest BCUT2D eigenvalue weighted by Crippen LogP contribution is 2.27. The normalized spacial score (nSPS) is 10.9. The molecule has 0 aliphatic carbocycles. The third-order valence-electron chi connectivity index (χ3n) is 2.62. The van der Waals surface area contributed by atoms with Gasteiger partial charge in [-0.1, -0.05) is 0 Å². The largest absolute Gasteiger partial charge is 0.383 e. The van der Waals surface area contributed by atoms with Crippen molar-refractivity contribution in [3.05, 3.63) is 35.5 Å².